The molecular weight excluding hydrogens is 1930 g/mol. The molecule has 0 spiro atoms. The van der Waals surface area contributed by atoms with Gasteiger partial charge in [0.25, 0.3) is 29.5 Å². The molecule has 0 aliphatic carbocycles. The minimum Gasteiger partial charge on any atom is -0.497 e. The van der Waals surface area contributed by atoms with Crippen LogP contribution in [0, 0.1) is 5.82 Å². The molecule has 10 aromatic rings. The number of allylic oxidation sites excluding steroid dienone is 10. The number of hydrogen-bond donors (Lipinski definition) is 15. The van der Waals surface area contributed by atoms with Crippen LogP contribution in [0.5, 0.6) is 34.5 Å². The van der Waals surface area contributed by atoms with Crippen molar-refractivity contribution in [2.24, 2.45) is 0 Å². The van der Waals surface area contributed by atoms with Crippen LogP contribution in [0.4, 0.5) is 4.39 Å². The summed E-state index contributed by atoms with van der Waals surface area (Å²) >= 11 is 9.35. The van der Waals surface area contributed by atoms with Crippen LogP contribution < -0.4 is 55.8 Å². The largest absolute Gasteiger partial charge is 0.497 e. The number of benzene rings is 10. The summed E-state index contributed by atoms with van der Waals surface area (Å²) in [5.41, 5.74) is 29.7. The van der Waals surface area contributed by atoms with Crippen molar-refractivity contribution in [3.05, 3.63) is 403 Å². The smallest absolute Gasteiger partial charge is 0.267 e. The second-order valence-corrected chi connectivity index (χ2v) is 33.9. The Hall–Kier alpha value is -14.0. The maximum atomic E-state index is 13.1. The third-order valence-corrected chi connectivity index (χ3v) is 21.4. The number of aliphatic hydroxyl groups excluding tert-OH is 5. The average Bonchev–Trinajstić information content (AvgIpc) is 0.833. The molecule has 0 saturated carbocycles. The molecule has 0 fully saturated rings. The van der Waals surface area contributed by atoms with Crippen molar-refractivity contribution in [1.29, 1.82) is 0 Å². The summed E-state index contributed by atoms with van der Waals surface area (Å²) in [5, 5.41) is 93.0. The third-order valence-electron chi connectivity index (χ3n) is 20.6. The van der Waals surface area contributed by atoms with Gasteiger partial charge in [0.15, 0.2) is 0 Å². The summed E-state index contributed by atoms with van der Waals surface area (Å²) in [6, 6.07) is 56.4. The van der Waals surface area contributed by atoms with Gasteiger partial charge in [0, 0.05) is 95.5 Å². The first-order valence-corrected chi connectivity index (χ1v) is 45.6. The normalized spacial score (nSPS) is 10.3. The summed E-state index contributed by atoms with van der Waals surface area (Å²) in [5.74, 6) is 0.164. The second kappa shape index (κ2) is 70.7. The lowest BCUT2D eigenvalue weighted by Gasteiger charge is -2.17. The van der Waals surface area contributed by atoms with Crippen molar-refractivity contribution in [2.75, 3.05) is 7.11 Å². The van der Waals surface area contributed by atoms with Gasteiger partial charge in [-0.2, -0.15) is 0 Å². The number of ether oxygens (including phenoxy) is 6. The van der Waals surface area contributed by atoms with E-state index in [1.807, 2.05) is 185 Å². The molecule has 0 unspecified atom stereocenters. The first kappa shape index (κ1) is 129. The van der Waals surface area contributed by atoms with Gasteiger partial charge < -0.3 is 54.0 Å². The van der Waals surface area contributed by atoms with E-state index in [9.17, 15) is 53.9 Å². The zero-order chi connectivity index (χ0) is 102. The van der Waals surface area contributed by atoms with Crippen LogP contribution in [0.15, 0.2) is 281 Å². The second-order valence-electron chi connectivity index (χ2n) is 32.5. The molecule has 26 nitrogen and oxygen atoms in total. The van der Waals surface area contributed by atoms with Crippen LogP contribution in [0.1, 0.15) is 218 Å². The number of rotatable bonds is 41. The molecule has 0 atom stereocenters. The third kappa shape index (κ3) is 45.7. The van der Waals surface area contributed by atoms with E-state index in [1.54, 1.807) is 126 Å². The highest BCUT2D eigenvalue weighted by Gasteiger charge is 2.21. The maximum Gasteiger partial charge on any atom is 0.267 e. The van der Waals surface area contributed by atoms with Crippen molar-refractivity contribution in [3.8, 4) is 34.5 Å². The minimum atomic E-state index is -0.665. The van der Waals surface area contributed by atoms with Crippen LogP contribution in [0.3, 0.4) is 0 Å². The number of hydrogen-bond acceptors (Lipinski definition) is 21. The number of aliphatic hydroxyl groups is 5. The summed E-state index contributed by atoms with van der Waals surface area (Å²) in [4.78, 5) is 56.9. The standard InChI is InChI=1S/C23H27NO5.C22H24BrNO4.C22H24ClNO4.C22H24FNO4.C22H25NO4.5CH4/c1-16(2)4-12-21-19(14-25)8-7-18(9-13-22(26)24-27)23(21)29-15-17-5-10-20(28-3)11-6-17;3*1-15(2)3-11-20-18(13-25)7-6-17(8-12-21(26)24-27)22(20)28-14-16-4-9-19(23)10-5-16;1-16(2)8-12-20-19(14-24)10-9-18(11-13-21(25)23-26)22(20)27-15-17-6-4-3-5-7-17;;;;;/h4-11,13,25,27H,12,14-15H2,1-3H3,(H,24,26);3*3-10,12,25,27H,11,13-14H2,1-2H3,(H,24,26);3-11,13,24,26H,12,14-15H2,1-2H3,(H,23,25);5*1H4/b13-9-;3*12-8-;13-11-;;;;;. The quantitative estimate of drug-likeness (QED) is 0.00732. The highest BCUT2D eigenvalue weighted by atomic mass is 79.9. The van der Waals surface area contributed by atoms with Crippen molar-refractivity contribution < 1.29 is 108 Å². The van der Waals surface area contributed by atoms with Crippen molar-refractivity contribution in [3.63, 3.8) is 0 Å². The molecule has 15 N–H and O–H groups in total. The fraction of sp³-hybridized carbons (Fsp3) is 0.267. The van der Waals surface area contributed by atoms with E-state index >= 15 is 0 Å². The summed E-state index contributed by atoms with van der Waals surface area (Å²) in [6.45, 7) is 20.9. The molecule has 0 aromatic heterocycles. The van der Waals surface area contributed by atoms with Crippen LogP contribution in [0.25, 0.3) is 30.4 Å². The Morgan fingerprint density at radius 1 is 0.303 bits per heavy atom. The summed E-state index contributed by atoms with van der Waals surface area (Å²) < 4.78 is 49.8. The number of methoxy groups -OCH3 is 1. The summed E-state index contributed by atoms with van der Waals surface area (Å²) in [7, 11) is 1.61. The molecule has 5 amide bonds. The highest BCUT2D eigenvalue weighted by Crippen LogP contribution is 2.38. The fourth-order valence-electron chi connectivity index (χ4n) is 13.2. The Morgan fingerprint density at radius 2 is 0.510 bits per heavy atom. The molecule has 10 aromatic carbocycles. The molecule has 29 heteroatoms. The predicted octanol–water partition coefficient (Wildman–Crippen LogP) is 23.7. The van der Waals surface area contributed by atoms with E-state index in [2.05, 4.69) is 40.2 Å². The van der Waals surface area contributed by atoms with E-state index in [1.165, 1.54) is 48.6 Å². The molecule has 0 aliphatic rings. The van der Waals surface area contributed by atoms with E-state index in [-0.39, 0.29) is 82.6 Å². The van der Waals surface area contributed by atoms with Gasteiger partial charge in [-0.15, -0.1) is 0 Å². The van der Waals surface area contributed by atoms with Crippen LogP contribution in [-0.2, 0) is 122 Å². The molecule has 10 rings (SSSR count). The zero-order valence-electron chi connectivity index (χ0n) is 80.3. The molecule has 780 valence electrons. The Morgan fingerprint density at radius 3 is 0.717 bits per heavy atom. The van der Waals surface area contributed by atoms with Gasteiger partial charge in [-0.3, -0.25) is 50.0 Å². The SMILES string of the molecule is C.C.C.C.C.CC(C)=CCc1c(CO)ccc(/C=C\C(=O)NO)c1OCc1ccc(Br)cc1.CC(C)=CCc1c(CO)ccc(/C=C\C(=O)NO)c1OCc1ccc(Cl)cc1.CC(C)=CCc1c(CO)ccc(/C=C\C(=O)NO)c1OCc1ccc(F)cc1.CC(C)=CCc1c(CO)ccc(/C=C\C(=O)NO)c1OCc1ccccc1.COc1ccc(COc2c(/C=C\C(=O)NO)ccc(CO)c2CC=C(C)C)cc1. The lowest BCUT2D eigenvalue weighted by Crippen LogP contribution is -2.14. The highest BCUT2D eigenvalue weighted by molar-refractivity contribution is 9.10. The van der Waals surface area contributed by atoms with Crippen LogP contribution in [0.2, 0.25) is 5.02 Å². The molecule has 145 heavy (non-hydrogen) atoms. The molecule has 0 heterocycles. The van der Waals surface area contributed by atoms with E-state index in [4.69, 9.17) is 66.1 Å². The lowest BCUT2D eigenvalue weighted by atomic mass is 9.98. The number of carbonyl (C=O) groups excluding carboxylic acids is 5. The van der Waals surface area contributed by atoms with Crippen molar-refractivity contribution in [1.82, 2.24) is 27.4 Å². The molecule has 0 saturated heterocycles. The predicted molar refractivity (Wildman–Crippen MR) is 579 cm³/mol. The van der Waals surface area contributed by atoms with E-state index in [0.717, 1.165) is 122 Å². The van der Waals surface area contributed by atoms with Gasteiger partial charge in [0.1, 0.15) is 73.3 Å². The average molecular weight is 2080 g/mol. The van der Waals surface area contributed by atoms with Gasteiger partial charge >= 0.3 is 0 Å². The van der Waals surface area contributed by atoms with E-state index < -0.39 is 29.5 Å². The van der Waals surface area contributed by atoms with Gasteiger partial charge in [-0.1, -0.05) is 262 Å². The number of hydroxylamine groups is 5. The fourth-order valence-corrected chi connectivity index (χ4v) is 13.6. The van der Waals surface area contributed by atoms with Crippen molar-refractivity contribution in [2.45, 2.75) is 205 Å². The Kier molecular flexibility index (Phi) is 62.9. The first-order valence-electron chi connectivity index (χ1n) is 44.5. The molecular formula is C116H144BrClFN5O21. The topological polar surface area (TPSA) is 403 Å². The van der Waals surface area contributed by atoms with Gasteiger partial charge in [-0.05, 0) is 236 Å². The number of carbonyl (C=O) groups is 5. The van der Waals surface area contributed by atoms with Gasteiger partial charge in [-0.25, -0.2) is 31.8 Å². The molecule has 0 radical (unpaired) electrons. The van der Waals surface area contributed by atoms with Crippen molar-refractivity contribution >= 4 is 87.4 Å². The van der Waals surface area contributed by atoms with Crippen LogP contribution in [-0.4, -0.2) is 88.2 Å². The maximum absolute atomic E-state index is 13.1. The molecule has 0 aliphatic heterocycles. The Balaban J connectivity index is 0.000000899. The Bertz CT molecular complexity index is 5670. The zero-order valence-corrected chi connectivity index (χ0v) is 82.6. The van der Waals surface area contributed by atoms with Gasteiger partial charge in [0.2, 0.25) is 0 Å². The van der Waals surface area contributed by atoms with Crippen LogP contribution >= 0.6 is 27.5 Å². The molecule has 0 bridgehead atoms. The number of nitrogens with one attached hydrogen (secondary N) is 5. The number of amides is 5. The van der Waals surface area contributed by atoms with Gasteiger partial charge in [0.05, 0.1) is 40.1 Å². The summed E-state index contributed by atoms with van der Waals surface area (Å²) in [6.07, 6.45) is 27.1. The lowest BCUT2D eigenvalue weighted by molar-refractivity contribution is -0.124. The number of halogens is 3. The van der Waals surface area contributed by atoms with E-state index in [0.29, 0.717) is 120 Å². The first-order chi connectivity index (χ1) is 67.3. The minimum absolute atomic E-state index is 0. The Labute approximate surface area is 867 Å². The monoisotopic (exact) mass is 2080 g/mol.